The second-order valence-corrected chi connectivity index (χ2v) is 5.49. The first-order valence-corrected chi connectivity index (χ1v) is 8.56. The molecule has 0 heterocycles. The number of hydrogen-bond acceptors (Lipinski definition) is 4. The summed E-state index contributed by atoms with van der Waals surface area (Å²) >= 11 is -2.13. The van der Waals surface area contributed by atoms with Crippen LogP contribution >= 0.6 is 0 Å². The van der Waals surface area contributed by atoms with Gasteiger partial charge in [0.1, 0.15) is 12.2 Å². The van der Waals surface area contributed by atoms with Gasteiger partial charge in [0.15, 0.2) is 0 Å². The Morgan fingerprint density at radius 3 is 1.50 bits per heavy atom. The van der Waals surface area contributed by atoms with E-state index in [2.05, 4.69) is 0 Å². The molecule has 0 saturated heterocycles. The molecule has 0 aromatic carbocycles. The molecule has 2 N–H and O–H groups in total. The van der Waals surface area contributed by atoms with E-state index in [4.69, 9.17) is 17.1 Å². The quantitative estimate of drug-likeness (QED) is 0.268. The Morgan fingerprint density at radius 2 is 1.25 bits per heavy atom. The molecule has 0 fully saturated rings. The van der Waals surface area contributed by atoms with E-state index >= 15 is 0 Å². The van der Waals surface area contributed by atoms with Gasteiger partial charge in [-0.05, 0) is 19.6 Å². The number of hydrogen-bond donors (Lipinski definition) is 0. The van der Waals surface area contributed by atoms with Crippen molar-refractivity contribution >= 4 is 26.4 Å². The van der Waals surface area contributed by atoms with Gasteiger partial charge in [-0.2, -0.15) is 0 Å². The lowest BCUT2D eigenvalue weighted by molar-refractivity contribution is 0.0687. The Kier molecular flexibility index (Phi) is 9.60. The molecule has 0 saturated carbocycles. The highest BCUT2D eigenvalue weighted by molar-refractivity contribution is 6.43. The second kappa shape index (κ2) is 10.4. The second-order valence-electron chi connectivity index (χ2n) is 3.88. The number of carbonyl (C=O) groups excluding carboxylic acids is 2. The van der Waals surface area contributed by atoms with Crippen LogP contribution in [0.2, 0.25) is 5.79 Å². The van der Waals surface area contributed by atoms with Crippen LogP contribution in [0.3, 0.4) is 0 Å². The average Bonchev–Trinajstić information content (AvgIpc) is 2.27. The Labute approximate surface area is 124 Å². The van der Waals surface area contributed by atoms with Crippen molar-refractivity contribution < 1.29 is 26.6 Å². The third-order valence-corrected chi connectivity index (χ3v) is 2.92. The number of ether oxygens (including phenoxy) is 2. The fourth-order valence-electron chi connectivity index (χ4n) is 1.20. The van der Waals surface area contributed by atoms with Crippen molar-refractivity contribution in [1.29, 1.82) is 0 Å². The van der Waals surface area contributed by atoms with Gasteiger partial charge < -0.3 is 17.1 Å². The van der Waals surface area contributed by atoms with Crippen molar-refractivity contribution in [1.82, 2.24) is 0 Å². The van der Waals surface area contributed by atoms with Crippen molar-refractivity contribution in [2.24, 2.45) is 0 Å². The molecule has 0 rings (SSSR count). The van der Waals surface area contributed by atoms with Crippen LogP contribution in [0.15, 0.2) is 24.0 Å². The maximum absolute atomic E-state index is 9.23. The largest absolute Gasteiger partial charge is 0.857 e. The van der Waals surface area contributed by atoms with Gasteiger partial charge in [-0.3, -0.25) is 9.59 Å². The predicted octanol–water partition coefficient (Wildman–Crippen LogP) is 2.02. The smallest absolute Gasteiger partial charge is 0.585 e. The van der Waals surface area contributed by atoms with Crippen molar-refractivity contribution in [3.63, 3.8) is 0 Å². The molecular weight excluding hydrogens is 279 g/mol. The minimum absolute atomic E-state index is 0.0785. The molecular formula is C13H23AlO6+2. The van der Waals surface area contributed by atoms with Crippen LogP contribution in [0.4, 0.5) is 0 Å². The van der Waals surface area contributed by atoms with Crippen LogP contribution in [0.1, 0.15) is 27.7 Å². The van der Waals surface area contributed by atoms with Crippen molar-refractivity contribution in [2.45, 2.75) is 33.5 Å². The molecule has 0 amide bonds. The van der Waals surface area contributed by atoms with E-state index < -0.39 is 14.8 Å². The summed E-state index contributed by atoms with van der Waals surface area (Å²) in [5.74, 6) is 2.34. The van der Waals surface area contributed by atoms with Crippen LogP contribution in [-0.4, -0.2) is 49.2 Å². The molecule has 0 unspecified atom stereocenters. The highest BCUT2D eigenvalue weighted by Gasteiger charge is 2.28. The monoisotopic (exact) mass is 302 g/mol. The molecule has 6 nitrogen and oxygen atoms in total. The molecule has 0 aromatic rings. The van der Waals surface area contributed by atoms with Gasteiger partial charge in [0.05, 0.1) is 27.1 Å². The summed E-state index contributed by atoms with van der Waals surface area (Å²) in [7, 11) is 0. The number of rotatable bonds is 10. The Hall–Kier alpha value is -1.45. The highest BCUT2D eigenvalue weighted by Crippen LogP contribution is 2.09. The summed E-state index contributed by atoms with van der Waals surface area (Å²) in [5, 5.41) is 0. The van der Waals surface area contributed by atoms with E-state index in [1.807, 2.05) is 13.8 Å². The van der Waals surface area contributed by atoms with Gasteiger partial charge in [0.2, 0.25) is 0 Å². The first-order valence-electron chi connectivity index (χ1n) is 6.46. The van der Waals surface area contributed by atoms with Crippen molar-refractivity contribution in [3.05, 3.63) is 24.0 Å². The number of ketones is 2. The van der Waals surface area contributed by atoms with Crippen molar-refractivity contribution in [2.75, 3.05) is 13.2 Å². The zero-order valence-corrected chi connectivity index (χ0v) is 13.8. The highest BCUT2D eigenvalue weighted by atomic mass is 27.2. The molecule has 0 aliphatic carbocycles. The molecule has 112 valence electrons. The minimum Gasteiger partial charge on any atom is -0.585 e. The van der Waals surface area contributed by atoms with E-state index in [-0.39, 0.29) is 23.5 Å². The first-order chi connectivity index (χ1) is 9.38. The van der Waals surface area contributed by atoms with E-state index in [0.29, 0.717) is 13.2 Å². The standard InChI is InChI=1S/2C6H10O3.CH3.Al/c2*1-3-9-6(8)4-5(2)7;;/h2*4,8H,3H2,1-2H3;1H3;/q;;;+2. The molecule has 7 heteroatoms. The zero-order valence-electron chi connectivity index (χ0n) is 12.7. The zero-order chi connectivity index (χ0) is 15.5. The lowest BCUT2D eigenvalue weighted by Crippen LogP contribution is -2.21. The van der Waals surface area contributed by atoms with E-state index in [1.54, 1.807) is 5.79 Å². The maximum atomic E-state index is 9.23. The molecule has 0 aliphatic rings. The lowest BCUT2D eigenvalue weighted by Gasteiger charge is -2.17. The molecule has 0 bridgehead atoms. The Bertz CT molecular complexity index is 352. The first kappa shape index (κ1) is 18.6. The van der Waals surface area contributed by atoms with E-state index in [1.165, 1.54) is 26.0 Å². The SMILES string of the molecule is CCOC(=CC(C)=[OH+])[O][Al]([CH3])[O]C(=CC(C)=[OH+])OCC. The lowest BCUT2D eigenvalue weighted by atomic mass is 10.4. The summed E-state index contributed by atoms with van der Waals surface area (Å²) in [4.78, 5) is 18.5. The van der Waals surface area contributed by atoms with Gasteiger partial charge in [-0.25, -0.2) is 0 Å². The van der Waals surface area contributed by atoms with Crippen LogP contribution in [-0.2, 0) is 17.1 Å². The van der Waals surface area contributed by atoms with Gasteiger partial charge in [-0.15, -0.1) is 0 Å². The summed E-state index contributed by atoms with van der Waals surface area (Å²) < 4.78 is 21.5. The Morgan fingerprint density at radius 1 is 0.900 bits per heavy atom. The maximum Gasteiger partial charge on any atom is 0.857 e. The van der Waals surface area contributed by atoms with Gasteiger partial charge in [0.25, 0.3) is 11.9 Å². The molecule has 0 aliphatic heterocycles. The Balaban J connectivity index is 4.67. The third-order valence-electron chi connectivity index (χ3n) is 1.79. The van der Waals surface area contributed by atoms with Crippen LogP contribution in [0, 0.1) is 0 Å². The average molecular weight is 302 g/mol. The van der Waals surface area contributed by atoms with Crippen LogP contribution < -0.4 is 0 Å². The van der Waals surface area contributed by atoms with Gasteiger partial charge in [0, 0.05) is 0 Å². The molecule has 20 heavy (non-hydrogen) atoms. The normalized spacial score (nSPS) is 11.7. The molecule has 0 spiro atoms. The molecule has 0 aromatic heterocycles. The summed E-state index contributed by atoms with van der Waals surface area (Å²) in [5.41, 5.74) is 0. The topological polar surface area (TPSA) is 79.7 Å². The predicted molar refractivity (Wildman–Crippen MR) is 78.4 cm³/mol. The van der Waals surface area contributed by atoms with E-state index in [0.717, 1.165) is 0 Å². The minimum atomic E-state index is -2.13. The van der Waals surface area contributed by atoms with Gasteiger partial charge in [-0.1, -0.05) is 0 Å². The fraction of sp³-hybridized carbons (Fsp3) is 0.538. The summed E-state index contributed by atoms with van der Waals surface area (Å²) in [6.07, 6.45) is 2.76. The van der Waals surface area contributed by atoms with Gasteiger partial charge >= 0.3 is 26.4 Å². The summed E-state index contributed by atoms with van der Waals surface area (Å²) in [6.45, 7) is 7.49. The summed E-state index contributed by atoms with van der Waals surface area (Å²) in [6, 6.07) is 0. The number of allylic oxidation sites excluding steroid dienone is 2. The van der Waals surface area contributed by atoms with Crippen LogP contribution in [0.5, 0.6) is 0 Å². The van der Waals surface area contributed by atoms with Crippen LogP contribution in [0.25, 0.3) is 0 Å². The third kappa shape index (κ3) is 9.48. The molecule has 0 radical (unpaired) electrons. The molecule has 0 atom stereocenters. The fourth-order valence-corrected chi connectivity index (χ4v) is 2.17. The van der Waals surface area contributed by atoms with E-state index in [9.17, 15) is 9.59 Å². The van der Waals surface area contributed by atoms with Crippen molar-refractivity contribution in [3.8, 4) is 0 Å².